The maximum atomic E-state index is 12.8. The normalized spacial score (nSPS) is 18.0. The Morgan fingerprint density at radius 2 is 0.846 bits per heavy atom. The third kappa shape index (κ3) is 12.0. The minimum atomic E-state index is -0.216. The van der Waals surface area contributed by atoms with Gasteiger partial charge >= 0.3 is 11.9 Å². The van der Waals surface area contributed by atoms with Gasteiger partial charge in [-0.3, -0.25) is 19.4 Å². The number of carbonyl (C=O) groups is 2. The van der Waals surface area contributed by atoms with Crippen molar-refractivity contribution in [3.63, 3.8) is 0 Å². The first-order valence-corrected chi connectivity index (χ1v) is 19.3. The van der Waals surface area contributed by atoms with E-state index in [-0.39, 0.29) is 45.7 Å². The molecule has 52 heavy (non-hydrogen) atoms. The molecule has 1 heterocycles. The zero-order chi connectivity index (χ0) is 39.4. The van der Waals surface area contributed by atoms with Crippen LogP contribution in [0.3, 0.4) is 0 Å². The molecule has 2 aromatic rings. The van der Waals surface area contributed by atoms with Crippen LogP contribution in [0, 0.1) is 0 Å². The summed E-state index contributed by atoms with van der Waals surface area (Å²) < 4.78 is 11.4. The highest BCUT2D eigenvalue weighted by Crippen LogP contribution is 2.41. The topological polar surface area (TPSA) is 99.5 Å². The van der Waals surface area contributed by atoms with Gasteiger partial charge in [0.2, 0.25) is 0 Å². The maximum absolute atomic E-state index is 12.8. The Kier molecular flexibility index (Phi) is 14.1. The number of esters is 2. The van der Waals surface area contributed by atoms with E-state index in [1.54, 1.807) is 0 Å². The van der Waals surface area contributed by atoms with Gasteiger partial charge in [-0.25, -0.2) is 0 Å². The van der Waals surface area contributed by atoms with E-state index in [0.29, 0.717) is 63.5 Å². The van der Waals surface area contributed by atoms with Crippen molar-refractivity contribution < 1.29 is 29.3 Å². The fourth-order valence-electron chi connectivity index (χ4n) is 7.05. The van der Waals surface area contributed by atoms with Crippen LogP contribution < -0.4 is 0 Å². The van der Waals surface area contributed by atoms with Gasteiger partial charge < -0.3 is 19.7 Å². The molecule has 0 spiro atoms. The predicted molar refractivity (Wildman–Crippen MR) is 212 cm³/mol. The van der Waals surface area contributed by atoms with Crippen LogP contribution in [0.1, 0.15) is 143 Å². The second kappa shape index (κ2) is 16.9. The lowest BCUT2D eigenvalue weighted by Gasteiger charge is -2.44. The Hall–Kier alpha value is -3.10. The third-order valence-corrected chi connectivity index (χ3v) is 10.3. The van der Waals surface area contributed by atoms with Gasteiger partial charge in [0.15, 0.2) is 0 Å². The second-order valence-corrected chi connectivity index (χ2v) is 19.2. The van der Waals surface area contributed by atoms with E-state index in [9.17, 15) is 19.8 Å². The molecular formula is C44H70N2O6. The number of phenolic OH excluding ortho intramolecular Hbond substituents is 2. The molecule has 0 saturated carbocycles. The quantitative estimate of drug-likeness (QED) is 0.211. The smallest absolute Gasteiger partial charge is 0.306 e. The van der Waals surface area contributed by atoms with Crippen molar-refractivity contribution in [2.24, 2.45) is 0 Å². The van der Waals surface area contributed by atoms with Crippen LogP contribution in [0.2, 0.25) is 0 Å². The van der Waals surface area contributed by atoms with Crippen LogP contribution in [0.25, 0.3) is 0 Å². The molecule has 8 heteroatoms. The summed E-state index contributed by atoms with van der Waals surface area (Å²) in [5.74, 6) is 0.279. The van der Waals surface area contributed by atoms with Gasteiger partial charge in [0.25, 0.3) is 0 Å². The van der Waals surface area contributed by atoms with Crippen molar-refractivity contribution in [2.45, 2.75) is 156 Å². The number of phenols is 2. The number of rotatable bonds is 12. The molecule has 0 amide bonds. The number of carbonyl (C=O) groups excluding carboxylic acids is 2. The third-order valence-electron chi connectivity index (χ3n) is 10.3. The van der Waals surface area contributed by atoms with E-state index in [1.807, 2.05) is 24.3 Å². The van der Waals surface area contributed by atoms with E-state index in [4.69, 9.17) is 9.47 Å². The molecule has 0 unspecified atom stereocenters. The van der Waals surface area contributed by atoms with Gasteiger partial charge in [-0.2, -0.15) is 0 Å². The maximum Gasteiger partial charge on any atom is 0.306 e. The Morgan fingerprint density at radius 3 is 1.10 bits per heavy atom. The average Bonchev–Trinajstić information content (AvgIpc) is 2.99. The van der Waals surface area contributed by atoms with Crippen molar-refractivity contribution in [3.8, 4) is 11.5 Å². The van der Waals surface area contributed by atoms with Crippen molar-refractivity contribution in [3.05, 3.63) is 57.6 Å². The first kappa shape index (κ1) is 43.3. The van der Waals surface area contributed by atoms with Crippen LogP contribution in [-0.2, 0) is 53.6 Å². The summed E-state index contributed by atoms with van der Waals surface area (Å²) in [6.45, 7) is 33.2. The zero-order valence-electron chi connectivity index (χ0n) is 35.0. The number of aromatic hydroxyl groups is 2. The van der Waals surface area contributed by atoms with Gasteiger partial charge in [0.1, 0.15) is 24.7 Å². The van der Waals surface area contributed by atoms with Crippen molar-refractivity contribution >= 4 is 11.9 Å². The highest BCUT2D eigenvalue weighted by molar-refractivity contribution is 5.70. The molecule has 3 rings (SSSR count). The first-order valence-electron chi connectivity index (χ1n) is 19.3. The summed E-state index contributed by atoms with van der Waals surface area (Å²) >= 11 is 0. The average molecular weight is 723 g/mol. The summed E-state index contributed by atoms with van der Waals surface area (Å²) in [6, 6.07) is 8.68. The highest BCUT2D eigenvalue weighted by Gasteiger charge is 2.30. The zero-order valence-corrected chi connectivity index (χ0v) is 35.0. The molecule has 1 aliphatic rings. The van der Waals surface area contributed by atoms with Crippen LogP contribution in [0.5, 0.6) is 11.5 Å². The fourth-order valence-corrected chi connectivity index (χ4v) is 7.05. The van der Waals surface area contributed by atoms with E-state index in [0.717, 1.165) is 46.5 Å². The summed E-state index contributed by atoms with van der Waals surface area (Å²) in [7, 11) is 0. The van der Waals surface area contributed by atoms with Crippen LogP contribution in [0.15, 0.2) is 24.3 Å². The van der Waals surface area contributed by atoms with Crippen LogP contribution >= 0.6 is 0 Å². The Balaban J connectivity index is 1.44. The number of hydrogen-bond donors (Lipinski definition) is 2. The molecular weight excluding hydrogens is 652 g/mol. The Labute approximate surface area is 315 Å². The molecule has 2 aromatic carbocycles. The van der Waals surface area contributed by atoms with E-state index < -0.39 is 0 Å². The monoisotopic (exact) mass is 723 g/mol. The lowest BCUT2D eigenvalue weighted by molar-refractivity contribution is -0.146. The molecule has 0 bridgehead atoms. The molecule has 0 radical (unpaired) electrons. The van der Waals surface area contributed by atoms with Crippen molar-refractivity contribution in [1.82, 2.24) is 9.80 Å². The van der Waals surface area contributed by atoms with E-state index in [2.05, 4.69) is 107 Å². The SMILES string of the molecule is C[C@@H]1CN(CCOC(=O)CCc2cc(C(C)(C)C)c(O)c(C(C)(C)C)c2)[C@H](C)CN1CCOC(=O)CCc1cc(C(C)(C)C)c(O)c(C(C)(C)C)c1. The summed E-state index contributed by atoms with van der Waals surface area (Å²) in [5.41, 5.74) is 4.82. The lowest BCUT2D eigenvalue weighted by Crippen LogP contribution is -2.57. The number of hydrogen-bond acceptors (Lipinski definition) is 8. The van der Waals surface area contributed by atoms with Gasteiger partial charge in [-0.15, -0.1) is 0 Å². The molecule has 2 N–H and O–H groups in total. The lowest BCUT2D eigenvalue weighted by atomic mass is 9.78. The van der Waals surface area contributed by atoms with Crippen molar-refractivity contribution in [2.75, 3.05) is 39.4 Å². The standard InChI is InChI=1S/C44H70N2O6/c1-29-27-46(20-22-52-38(48)18-16-32-25-35(43(9,10)11)40(50)36(26-32)44(12,13)14)30(2)28-45(29)19-21-51-37(47)17-15-31-23-33(41(3,4)5)39(49)34(24-31)42(6,7)8/h23-26,29-30,49-50H,15-22,27-28H2,1-14H3/t29-,30-/m1/s1. The fraction of sp³-hybridized carbons (Fsp3) is 0.682. The van der Waals surface area contributed by atoms with Gasteiger partial charge in [0.05, 0.1) is 0 Å². The van der Waals surface area contributed by atoms with Gasteiger partial charge in [-0.1, -0.05) is 107 Å². The molecule has 0 aliphatic carbocycles. The van der Waals surface area contributed by atoms with Gasteiger partial charge in [-0.05, 0) is 81.7 Å². The predicted octanol–water partition coefficient (Wildman–Crippen LogP) is 8.33. The van der Waals surface area contributed by atoms with E-state index in [1.165, 1.54) is 0 Å². The molecule has 1 aliphatic heterocycles. The minimum Gasteiger partial charge on any atom is -0.507 e. The minimum absolute atomic E-state index is 0.210. The molecule has 292 valence electrons. The van der Waals surface area contributed by atoms with E-state index >= 15 is 0 Å². The Bertz CT molecular complexity index is 1350. The molecule has 1 saturated heterocycles. The largest absolute Gasteiger partial charge is 0.507 e. The number of piperazine rings is 1. The molecule has 1 fully saturated rings. The number of aryl methyl sites for hydroxylation is 2. The highest BCUT2D eigenvalue weighted by atomic mass is 16.5. The Morgan fingerprint density at radius 1 is 0.577 bits per heavy atom. The number of ether oxygens (including phenoxy) is 2. The van der Waals surface area contributed by atoms with Gasteiger partial charge in [0, 0.05) is 51.1 Å². The number of benzene rings is 2. The summed E-state index contributed by atoms with van der Waals surface area (Å²) in [4.78, 5) is 30.2. The number of nitrogens with zero attached hydrogens (tertiary/aromatic N) is 2. The molecule has 2 atom stereocenters. The van der Waals surface area contributed by atoms with Crippen LogP contribution in [0.4, 0.5) is 0 Å². The summed E-state index contributed by atoms with van der Waals surface area (Å²) in [6.07, 6.45) is 1.71. The summed E-state index contributed by atoms with van der Waals surface area (Å²) in [5, 5.41) is 22.0. The van der Waals surface area contributed by atoms with Crippen LogP contribution in [-0.4, -0.2) is 83.4 Å². The molecule has 8 nitrogen and oxygen atoms in total. The second-order valence-electron chi connectivity index (χ2n) is 19.2. The first-order chi connectivity index (χ1) is 23.8. The molecule has 0 aromatic heterocycles. The van der Waals surface area contributed by atoms with Crippen molar-refractivity contribution in [1.29, 1.82) is 0 Å².